The van der Waals surface area contributed by atoms with Gasteiger partial charge in [-0.05, 0) is 47.5 Å². The summed E-state index contributed by atoms with van der Waals surface area (Å²) < 4.78 is 4.85. The summed E-state index contributed by atoms with van der Waals surface area (Å²) in [6.07, 6.45) is 3.23. The van der Waals surface area contributed by atoms with Crippen molar-refractivity contribution < 1.29 is 19.1 Å². The van der Waals surface area contributed by atoms with Gasteiger partial charge in [0.05, 0.1) is 18.4 Å². The first-order chi connectivity index (χ1) is 18.5. The molecule has 1 atom stereocenters. The number of nitrogens with one attached hydrogen (secondary N) is 2. The highest BCUT2D eigenvalue weighted by Crippen LogP contribution is 2.37. The Morgan fingerprint density at radius 1 is 0.789 bits per heavy atom. The Hall–Kier alpha value is -4.62. The van der Waals surface area contributed by atoms with Gasteiger partial charge in [-0.25, -0.2) is 4.79 Å². The third-order valence-corrected chi connectivity index (χ3v) is 6.76. The van der Waals surface area contributed by atoms with E-state index in [9.17, 15) is 14.4 Å². The summed E-state index contributed by atoms with van der Waals surface area (Å²) in [5.74, 6) is -1.08. The predicted molar refractivity (Wildman–Crippen MR) is 152 cm³/mol. The van der Waals surface area contributed by atoms with E-state index in [2.05, 4.69) is 10.6 Å². The van der Waals surface area contributed by atoms with E-state index >= 15 is 0 Å². The summed E-state index contributed by atoms with van der Waals surface area (Å²) in [5.41, 5.74) is 2.98. The van der Waals surface area contributed by atoms with Crippen molar-refractivity contribution in [1.82, 2.24) is 0 Å². The van der Waals surface area contributed by atoms with Crippen molar-refractivity contribution in [3.05, 3.63) is 132 Å². The van der Waals surface area contributed by atoms with Crippen LogP contribution in [0.3, 0.4) is 0 Å². The number of carbonyl (C=O) groups excluding carboxylic acids is 3. The van der Waals surface area contributed by atoms with Gasteiger partial charge in [-0.1, -0.05) is 78.9 Å². The molecule has 6 nitrogen and oxygen atoms in total. The number of esters is 1. The van der Waals surface area contributed by atoms with Gasteiger partial charge >= 0.3 is 5.97 Å². The Labute approximate surface area is 225 Å². The molecule has 0 heterocycles. The van der Waals surface area contributed by atoms with Crippen LogP contribution in [0.1, 0.15) is 26.7 Å². The highest BCUT2D eigenvalue weighted by atomic mass is 32.2. The molecule has 0 aliphatic rings. The molecule has 4 aromatic rings. The highest BCUT2D eigenvalue weighted by molar-refractivity contribution is 8.00. The summed E-state index contributed by atoms with van der Waals surface area (Å²) in [4.78, 5) is 38.9. The van der Waals surface area contributed by atoms with E-state index in [4.69, 9.17) is 4.74 Å². The van der Waals surface area contributed by atoms with E-state index in [1.807, 2.05) is 78.9 Å². The minimum Gasteiger partial charge on any atom is -0.465 e. The molecule has 2 amide bonds. The normalized spacial score (nSPS) is 11.5. The van der Waals surface area contributed by atoms with Gasteiger partial charge in [0.1, 0.15) is 5.25 Å². The third kappa shape index (κ3) is 7.21. The van der Waals surface area contributed by atoms with E-state index < -0.39 is 11.2 Å². The van der Waals surface area contributed by atoms with Crippen molar-refractivity contribution in [3.63, 3.8) is 0 Å². The predicted octanol–water partition coefficient (Wildman–Crippen LogP) is 6.60. The first-order valence-electron chi connectivity index (χ1n) is 11.9. The minimum absolute atomic E-state index is 0.257. The lowest BCUT2D eigenvalue weighted by Crippen LogP contribution is -2.21. The van der Waals surface area contributed by atoms with Crippen LogP contribution in [0.4, 0.5) is 11.4 Å². The standard InChI is InChI=1S/C31H26N2O4S/c1-37-31(36)26-17-8-9-18-27(26)33-30(35)29(23-13-6-3-7-14-23)38-25-16-10-15-24(21-25)32-28(34)20-19-22-11-4-2-5-12-22/h2-21,29H,1H3,(H,32,34)(H,33,35)/b20-19+. The maximum Gasteiger partial charge on any atom is 0.339 e. The Kier molecular flexibility index (Phi) is 9.10. The van der Waals surface area contributed by atoms with Crippen molar-refractivity contribution in [2.45, 2.75) is 10.1 Å². The van der Waals surface area contributed by atoms with Crippen molar-refractivity contribution >= 4 is 47.0 Å². The molecule has 0 radical (unpaired) electrons. The molecular weight excluding hydrogens is 496 g/mol. The fourth-order valence-corrected chi connectivity index (χ4v) is 4.77. The number of thioether (sulfide) groups is 1. The second-order valence-electron chi connectivity index (χ2n) is 8.20. The Morgan fingerprint density at radius 3 is 2.21 bits per heavy atom. The highest BCUT2D eigenvalue weighted by Gasteiger charge is 2.24. The molecule has 0 saturated heterocycles. The van der Waals surface area contributed by atoms with Gasteiger partial charge in [0.15, 0.2) is 0 Å². The molecule has 0 saturated carbocycles. The first-order valence-corrected chi connectivity index (χ1v) is 12.8. The van der Waals surface area contributed by atoms with Gasteiger partial charge in [0.2, 0.25) is 11.8 Å². The largest absolute Gasteiger partial charge is 0.465 e. The number of hydrogen-bond acceptors (Lipinski definition) is 5. The van der Waals surface area contributed by atoms with Gasteiger partial charge in [0, 0.05) is 16.7 Å². The summed E-state index contributed by atoms with van der Waals surface area (Å²) >= 11 is 1.34. The molecule has 0 aromatic heterocycles. The summed E-state index contributed by atoms with van der Waals surface area (Å²) in [6, 6.07) is 33.0. The minimum atomic E-state index is -0.620. The lowest BCUT2D eigenvalue weighted by atomic mass is 10.1. The van der Waals surface area contributed by atoms with Gasteiger partial charge in [0.25, 0.3) is 0 Å². The van der Waals surface area contributed by atoms with Crippen LogP contribution in [0, 0.1) is 0 Å². The van der Waals surface area contributed by atoms with E-state index in [1.54, 1.807) is 36.4 Å². The topological polar surface area (TPSA) is 84.5 Å². The molecule has 7 heteroatoms. The Morgan fingerprint density at radius 2 is 1.47 bits per heavy atom. The molecule has 1 unspecified atom stereocenters. The molecule has 4 rings (SSSR count). The van der Waals surface area contributed by atoms with Crippen LogP contribution >= 0.6 is 11.8 Å². The van der Waals surface area contributed by atoms with Crippen LogP contribution in [0.2, 0.25) is 0 Å². The third-order valence-electron chi connectivity index (χ3n) is 5.51. The maximum absolute atomic E-state index is 13.5. The van der Waals surface area contributed by atoms with Crippen molar-refractivity contribution in [1.29, 1.82) is 0 Å². The molecule has 0 aliphatic carbocycles. The Bertz CT molecular complexity index is 1440. The number of hydrogen-bond donors (Lipinski definition) is 2. The Balaban J connectivity index is 1.52. The summed E-state index contributed by atoms with van der Waals surface area (Å²) in [7, 11) is 1.30. The number of rotatable bonds is 9. The zero-order valence-electron chi connectivity index (χ0n) is 20.7. The van der Waals surface area contributed by atoms with Crippen LogP contribution in [0.15, 0.2) is 120 Å². The number of carbonyl (C=O) groups is 3. The van der Waals surface area contributed by atoms with E-state index in [1.165, 1.54) is 24.9 Å². The number of anilines is 2. The molecule has 38 heavy (non-hydrogen) atoms. The number of benzene rings is 4. The van der Waals surface area contributed by atoms with Gasteiger partial charge in [-0.2, -0.15) is 0 Å². The van der Waals surface area contributed by atoms with Gasteiger partial charge < -0.3 is 15.4 Å². The zero-order valence-corrected chi connectivity index (χ0v) is 21.5. The fourth-order valence-electron chi connectivity index (χ4n) is 3.68. The molecule has 2 N–H and O–H groups in total. The average Bonchev–Trinajstić information content (AvgIpc) is 2.96. The van der Waals surface area contributed by atoms with Crippen LogP contribution in [-0.2, 0) is 14.3 Å². The summed E-state index contributed by atoms with van der Waals surface area (Å²) in [5, 5.41) is 5.13. The summed E-state index contributed by atoms with van der Waals surface area (Å²) in [6.45, 7) is 0. The zero-order chi connectivity index (χ0) is 26.7. The van der Waals surface area contributed by atoms with Gasteiger partial charge in [-0.15, -0.1) is 11.8 Å². The molecule has 4 aromatic carbocycles. The van der Waals surface area contributed by atoms with E-state index in [0.29, 0.717) is 11.4 Å². The van der Waals surface area contributed by atoms with Gasteiger partial charge in [-0.3, -0.25) is 9.59 Å². The van der Waals surface area contributed by atoms with Crippen molar-refractivity contribution in [2.75, 3.05) is 17.7 Å². The monoisotopic (exact) mass is 522 g/mol. The number of para-hydroxylation sites is 1. The molecule has 190 valence electrons. The lowest BCUT2D eigenvalue weighted by molar-refractivity contribution is -0.116. The van der Waals surface area contributed by atoms with E-state index in [-0.39, 0.29) is 17.4 Å². The smallest absolute Gasteiger partial charge is 0.339 e. The quantitative estimate of drug-likeness (QED) is 0.147. The van der Waals surface area contributed by atoms with Crippen LogP contribution in [0.5, 0.6) is 0 Å². The number of amides is 2. The van der Waals surface area contributed by atoms with Crippen molar-refractivity contribution in [3.8, 4) is 0 Å². The molecule has 0 aliphatic heterocycles. The number of methoxy groups -OCH3 is 1. The molecule has 0 bridgehead atoms. The maximum atomic E-state index is 13.5. The molecule has 0 fully saturated rings. The van der Waals surface area contributed by atoms with Crippen LogP contribution in [0.25, 0.3) is 6.08 Å². The second-order valence-corrected chi connectivity index (χ2v) is 9.37. The average molecular weight is 523 g/mol. The van der Waals surface area contributed by atoms with E-state index in [0.717, 1.165) is 16.0 Å². The van der Waals surface area contributed by atoms with Crippen molar-refractivity contribution in [2.24, 2.45) is 0 Å². The second kappa shape index (κ2) is 13.1. The number of ether oxygens (including phenoxy) is 1. The van der Waals surface area contributed by atoms with Crippen LogP contribution in [-0.4, -0.2) is 24.9 Å². The van der Waals surface area contributed by atoms with Crippen LogP contribution < -0.4 is 10.6 Å². The molecular formula is C31H26N2O4S. The first kappa shape index (κ1) is 26.4. The fraction of sp³-hybridized carbons (Fsp3) is 0.0645. The lowest BCUT2D eigenvalue weighted by Gasteiger charge is -2.18. The molecule has 0 spiro atoms. The SMILES string of the molecule is COC(=O)c1ccccc1NC(=O)C(Sc1cccc(NC(=O)/C=C/c2ccccc2)c1)c1ccccc1.